The van der Waals surface area contributed by atoms with Crippen LogP contribution in [0.5, 0.6) is 0 Å². The van der Waals surface area contributed by atoms with Gasteiger partial charge in [0, 0.05) is 18.3 Å². The molecular formula is C10H15N3. The van der Waals surface area contributed by atoms with Crippen molar-refractivity contribution in [2.75, 3.05) is 6.54 Å². The van der Waals surface area contributed by atoms with Crippen LogP contribution in [0.15, 0.2) is 18.5 Å². The van der Waals surface area contributed by atoms with Gasteiger partial charge in [0.2, 0.25) is 0 Å². The highest BCUT2D eigenvalue weighted by molar-refractivity contribution is 5.20. The van der Waals surface area contributed by atoms with Crippen LogP contribution in [0, 0.1) is 11.3 Å². The maximum Gasteiger partial charge on any atom is 0.132 e. The van der Waals surface area contributed by atoms with Crippen LogP contribution in [0.4, 0.5) is 0 Å². The second kappa shape index (κ2) is 2.77. The first-order chi connectivity index (χ1) is 6.18. The van der Waals surface area contributed by atoms with Crippen molar-refractivity contribution in [2.45, 2.75) is 19.8 Å². The van der Waals surface area contributed by atoms with E-state index in [0.717, 1.165) is 12.4 Å². The zero-order chi connectivity index (χ0) is 9.47. The van der Waals surface area contributed by atoms with Crippen molar-refractivity contribution in [1.29, 1.82) is 0 Å². The third-order valence-electron chi connectivity index (χ3n) is 3.17. The molecule has 70 valence electrons. The van der Waals surface area contributed by atoms with E-state index in [1.54, 1.807) is 12.4 Å². The van der Waals surface area contributed by atoms with E-state index in [1.807, 2.05) is 6.07 Å². The summed E-state index contributed by atoms with van der Waals surface area (Å²) in [6.45, 7) is 5.19. The molecule has 1 aliphatic rings. The molecule has 1 aromatic rings. The number of aromatic nitrogens is 2. The van der Waals surface area contributed by atoms with Crippen LogP contribution in [0.2, 0.25) is 0 Å². The lowest BCUT2D eigenvalue weighted by atomic mass is 10.1. The Balaban J connectivity index is 2.22. The molecule has 1 heterocycles. The summed E-state index contributed by atoms with van der Waals surface area (Å²) in [6.07, 6.45) is 3.59. The fourth-order valence-corrected chi connectivity index (χ4v) is 2.17. The Bertz CT molecular complexity index is 294. The summed E-state index contributed by atoms with van der Waals surface area (Å²) in [5.74, 6) is 1.96. The third-order valence-corrected chi connectivity index (χ3v) is 3.17. The predicted molar refractivity (Wildman–Crippen MR) is 51.1 cm³/mol. The van der Waals surface area contributed by atoms with Gasteiger partial charge in [0.05, 0.1) is 0 Å². The van der Waals surface area contributed by atoms with Gasteiger partial charge in [-0.25, -0.2) is 9.97 Å². The monoisotopic (exact) mass is 177 g/mol. The van der Waals surface area contributed by atoms with Gasteiger partial charge in [-0.1, -0.05) is 13.8 Å². The van der Waals surface area contributed by atoms with E-state index in [0.29, 0.717) is 11.8 Å². The molecule has 0 saturated heterocycles. The zero-order valence-electron chi connectivity index (χ0n) is 8.07. The van der Waals surface area contributed by atoms with E-state index in [9.17, 15) is 0 Å². The van der Waals surface area contributed by atoms with Gasteiger partial charge in [-0.2, -0.15) is 0 Å². The molecule has 3 nitrogen and oxygen atoms in total. The van der Waals surface area contributed by atoms with Gasteiger partial charge in [0.15, 0.2) is 0 Å². The number of nitrogens with zero attached hydrogens (tertiary/aromatic N) is 2. The number of hydrogen-bond donors (Lipinski definition) is 1. The summed E-state index contributed by atoms with van der Waals surface area (Å²) in [6, 6.07) is 1.84. The Labute approximate surface area is 78.4 Å². The molecular weight excluding hydrogens is 162 g/mol. The fraction of sp³-hybridized carbons (Fsp3) is 0.600. The average Bonchev–Trinajstić information content (AvgIpc) is 2.69. The minimum Gasteiger partial charge on any atom is -0.330 e. The van der Waals surface area contributed by atoms with Gasteiger partial charge < -0.3 is 5.73 Å². The lowest BCUT2D eigenvalue weighted by Crippen LogP contribution is -2.05. The van der Waals surface area contributed by atoms with Crippen molar-refractivity contribution < 1.29 is 0 Å². The van der Waals surface area contributed by atoms with E-state index in [1.165, 1.54) is 0 Å². The Kier molecular flexibility index (Phi) is 1.84. The molecule has 0 unspecified atom stereocenters. The number of nitrogens with two attached hydrogens (primary N) is 1. The first kappa shape index (κ1) is 8.63. The highest BCUT2D eigenvalue weighted by atomic mass is 14.9. The van der Waals surface area contributed by atoms with Gasteiger partial charge in [0.1, 0.15) is 5.82 Å². The summed E-state index contributed by atoms with van der Waals surface area (Å²) < 4.78 is 0. The maximum atomic E-state index is 5.68. The van der Waals surface area contributed by atoms with Crippen LogP contribution in [-0.2, 0) is 0 Å². The van der Waals surface area contributed by atoms with Crippen molar-refractivity contribution in [3.05, 3.63) is 24.3 Å². The molecule has 3 heteroatoms. The molecule has 13 heavy (non-hydrogen) atoms. The van der Waals surface area contributed by atoms with E-state index < -0.39 is 0 Å². The highest BCUT2D eigenvalue weighted by Crippen LogP contribution is 2.62. The van der Waals surface area contributed by atoms with Gasteiger partial charge in [-0.3, -0.25) is 0 Å². The van der Waals surface area contributed by atoms with E-state index in [4.69, 9.17) is 5.73 Å². The predicted octanol–water partition coefficient (Wildman–Crippen LogP) is 1.17. The first-order valence-electron chi connectivity index (χ1n) is 4.65. The van der Waals surface area contributed by atoms with Gasteiger partial charge >= 0.3 is 0 Å². The van der Waals surface area contributed by atoms with Crippen LogP contribution in [0.3, 0.4) is 0 Å². The smallest absolute Gasteiger partial charge is 0.132 e. The van der Waals surface area contributed by atoms with Crippen molar-refractivity contribution in [3.8, 4) is 0 Å². The quantitative estimate of drug-likeness (QED) is 0.738. The lowest BCUT2D eigenvalue weighted by Gasteiger charge is -1.99. The summed E-state index contributed by atoms with van der Waals surface area (Å²) >= 11 is 0. The van der Waals surface area contributed by atoms with E-state index >= 15 is 0 Å². The maximum absolute atomic E-state index is 5.68. The molecule has 2 N–H and O–H groups in total. The fourth-order valence-electron chi connectivity index (χ4n) is 2.17. The molecule has 0 spiro atoms. The summed E-state index contributed by atoms with van der Waals surface area (Å²) in [4.78, 5) is 8.54. The average molecular weight is 177 g/mol. The third kappa shape index (κ3) is 1.23. The largest absolute Gasteiger partial charge is 0.330 e. The van der Waals surface area contributed by atoms with Crippen molar-refractivity contribution in [3.63, 3.8) is 0 Å². The second-order valence-electron chi connectivity index (χ2n) is 4.25. The van der Waals surface area contributed by atoms with Crippen LogP contribution in [0.1, 0.15) is 25.6 Å². The van der Waals surface area contributed by atoms with Gasteiger partial charge in [-0.05, 0) is 23.9 Å². The lowest BCUT2D eigenvalue weighted by molar-refractivity contribution is 0.555. The van der Waals surface area contributed by atoms with Gasteiger partial charge in [0.25, 0.3) is 0 Å². The van der Waals surface area contributed by atoms with Crippen LogP contribution in [0.25, 0.3) is 0 Å². The Hall–Kier alpha value is -0.960. The number of rotatable bonds is 2. The second-order valence-corrected chi connectivity index (χ2v) is 4.25. The Morgan fingerprint density at radius 2 is 2.00 bits per heavy atom. The minimum atomic E-state index is 0.288. The molecule has 2 rings (SSSR count). The van der Waals surface area contributed by atoms with Crippen LogP contribution in [-0.4, -0.2) is 16.5 Å². The van der Waals surface area contributed by atoms with Crippen LogP contribution < -0.4 is 5.73 Å². The molecule has 1 aromatic heterocycles. The zero-order valence-corrected chi connectivity index (χ0v) is 8.07. The van der Waals surface area contributed by atoms with Crippen molar-refractivity contribution in [1.82, 2.24) is 9.97 Å². The molecule has 2 atom stereocenters. The molecule has 0 aromatic carbocycles. The molecule has 0 radical (unpaired) electrons. The molecule has 0 amide bonds. The van der Waals surface area contributed by atoms with E-state index in [-0.39, 0.29) is 5.41 Å². The minimum absolute atomic E-state index is 0.288. The molecule has 0 aliphatic heterocycles. The number of hydrogen-bond acceptors (Lipinski definition) is 3. The highest BCUT2D eigenvalue weighted by Gasteiger charge is 2.58. The normalized spacial score (nSPS) is 30.1. The topological polar surface area (TPSA) is 51.8 Å². The summed E-state index contributed by atoms with van der Waals surface area (Å²) in [7, 11) is 0. The Morgan fingerprint density at radius 3 is 2.46 bits per heavy atom. The van der Waals surface area contributed by atoms with Gasteiger partial charge in [-0.15, -0.1) is 0 Å². The Morgan fingerprint density at radius 1 is 1.38 bits per heavy atom. The molecule has 1 fully saturated rings. The van der Waals surface area contributed by atoms with Crippen LogP contribution >= 0.6 is 0 Å². The van der Waals surface area contributed by atoms with Crippen molar-refractivity contribution in [2.24, 2.45) is 17.1 Å². The molecule has 1 aliphatic carbocycles. The van der Waals surface area contributed by atoms with E-state index in [2.05, 4.69) is 23.8 Å². The summed E-state index contributed by atoms with van der Waals surface area (Å²) in [5, 5.41) is 0. The molecule has 1 saturated carbocycles. The molecule has 0 bridgehead atoms. The SMILES string of the molecule is CC1(C)[C@H](CN)[C@H]1c1ncccn1. The van der Waals surface area contributed by atoms with Crippen molar-refractivity contribution >= 4 is 0 Å². The summed E-state index contributed by atoms with van der Waals surface area (Å²) in [5.41, 5.74) is 5.97. The standard InChI is InChI=1S/C10H15N3/c1-10(2)7(6-11)8(10)9-12-4-3-5-13-9/h3-5,7-8H,6,11H2,1-2H3/t7-,8+/m1/s1. The first-order valence-corrected chi connectivity index (χ1v) is 4.65.